The van der Waals surface area contributed by atoms with Crippen LogP contribution in [0, 0.1) is 11.8 Å². The molecule has 0 bridgehead atoms. The number of nitrogens with two attached hydrogens (primary N) is 1. The Morgan fingerprint density at radius 1 is 1.40 bits per heavy atom. The number of methoxy groups -OCH3 is 1. The molecule has 0 spiro atoms. The van der Waals surface area contributed by atoms with Crippen molar-refractivity contribution in [2.45, 2.75) is 25.8 Å². The van der Waals surface area contributed by atoms with Gasteiger partial charge in [0.25, 0.3) is 0 Å². The molecular formula is C13H17N5O2. The lowest BCUT2D eigenvalue weighted by atomic mass is 9.99. The quantitative estimate of drug-likeness (QED) is 0.826. The highest BCUT2D eigenvalue weighted by molar-refractivity contribution is 5.81. The van der Waals surface area contributed by atoms with Crippen LogP contribution in [0.25, 0.3) is 11.2 Å². The van der Waals surface area contributed by atoms with Crippen molar-refractivity contribution in [2.24, 2.45) is 11.8 Å². The third-order valence-electron chi connectivity index (χ3n) is 4.14. The van der Waals surface area contributed by atoms with Crippen LogP contribution in [0.2, 0.25) is 0 Å². The Labute approximate surface area is 116 Å². The van der Waals surface area contributed by atoms with Crippen molar-refractivity contribution in [3.63, 3.8) is 0 Å². The van der Waals surface area contributed by atoms with Crippen LogP contribution in [-0.2, 0) is 9.53 Å². The van der Waals surface area contributed by atoms with E-state index >= 15 is 0 Å². The SMILES string of the molecule is COC(=O)[C@@H]1C[C@H](n2cnc3c(N)ncnc32)C[C@H]1C. The highest BCUT2D eigenvalue weighted by Gasteiger charge is 2.38. The van der Waals surface area contributed by atoms with Crippen molar-refractivity contribution in [3.8, 4) is 0 Å². The third kappa shape index (κ3) is 1.90. The van der Waals surface area contributed by atoms with E-state index in [1.165, 1.54) is 13.4 Å². The van der Waals surface area contributed by atoms with E-state index in [9.17, 15) is 4.79 Å². The smallest absolute Gasteiger partial charge is 0.309 e. The molecule has 0 amide bonds. The average molecular weight is 275 g/mol. The second-order valence-corrected chi connectivity index (χ2v) is 5.32. The number of ether oxygens (including phenoxy) is 1. The van der Waals surface area contributed by atoms with Gasteiger partial charge in [0.15, 0.2) is 11.5 Å². The molecule has 1 fully saturated rings. The average Bonchev–Trinajstić information content (AvgIpc) is 3.02. The lowest BCUT2D eigenvalue weighted by Crippen LogP contribution is -2.18. The molecule has 0 radical (unpaired) electrons. The van der Waals surface area contributed by atoms with Crippen molar-refractivity contribution < 1.29 is 9.53 Å². The molecule has 1 aliphatic rings. The maximum atomic E-state index is 11.8. The molecule has 0 aromatic carbocycles. The van der Waals surface area contributed by atoms with Gasteiger partial charge >= 0.3 is 5.97 Å². The molecule has 2 aromatic heterocycles. The summed E-state index contributed by atoms with van der Waals surface area (Å²) < 4.78 is 6.86. The van der Waals surface area contributed by atoms with Gasteiger partial charge in [-0.2, -0.15) is 0 Å². The van der Waals surface area contributed by atoms with Gasteiger partial charge in [0.05, 0.1) is 19.4 Å². The summed E-state index contributed by atoms with van der Waals surface area (Å²) >= 11 is 0. The van der Waals surface area contributed by atoms with E-state index < -0.39 is 0 Å². The number of carbonyl (C=O) groups excluding carboxylic acids is 1. The summed E-state index contributed by atoms with van der Waals surface area (Å²) in [5.74, 6) is 0.452. The normalized spacial score (nSPS) is 26.0. The zero-order chi connectivity index (χ0) is 14.3. The number of nitrogen functional groups attached to an aromatic ring is 1. The Kier molecular flexibility index (Phi) is 3.04. The molecule has 2 N–H and O–H groups in total. The van der Waals surface area contributed by atoms with Crippen LogP contribution in [-0.4, -0.2) is 32.6 Å². The summed E-state index contributed by atoms with van der Waals surface area (Å²) in [5, 5.41) is 0. The van der Waals surface area contributed by atoms with Crippen LogP contribution in [0.15, 0.2) is 12.7 Å². The maximum Gasteiger partial charge on any atom is 0.309 e. The van der Waals surface area contributed by atoms with Crippen LogP contribution in [0.3, 0.4) is 0 Å². The zero-order valence-electron chi connectivity index (χ0n) is 11.5. The van der Waals surface area contributed by atoms with E-state index in [1.54, 1.807) is 6.33 Å². The fraction of sp³-hybridized carbons (Fsp3) is 0.538. The molecule has 1 aliphatic carbocycles. The van der Waals surface area contributed by atoms with Crippen LogP contribution in [0.5, 0.6) is 0 Å². The van der Waals surface area contributed by atoms with Gasteiger partial charge in [-0.25, -0.2) is 15.0 Å². The zero-order valence-corrected chi connectivity index (χ0v) is 11.5. The number of anilines is 1. The highest BCUT2D eigenvalue weighted by Crippen LogP contribution is 2.40. The minimum Gasteiger partial charge on any atom is -0.469 e. The predicted octanol–water partition coefficient (Wildman–Crippen LogP) is 1.17. The lowest BCUT2D eigenvalue weighted by Gasteiger charge is -2.12. The van der Waals surface area contributed by atoms with Crippen LogP contribution in [0.1, 0.15) is 25.8 Å². The Morgan fingerprint density at radius 3 is 2.95 bits per heavy atom. The summed E-state index contributed by atoms with van der Waals surface area (Å²) in [6.07, 6.45) is 4.80. The largest absolute Gasteiger partial charge is 0.469 e. The number of esters is 1. The van der Waals surface area contributed by atoms with Gasteiger partial charge in [0.1, 0.15) is 11.8 Å². The number of rotatable bonds is 2. The van der Waals surface area contributed by atoms with Gasteiger partial charge in [-0.3, -0.25) is 4.79 Å². The summed E-state index contributed by atoms with van der Waals surface area (Å²) in [4.78, 5) is 24.2. The second-order valence-electron chi connectivity index (χ2n) is 5.32. The number of fused-ring (bicyclic) bond motifs is 1. The minimum atomic E-state index is -0.140. The van der Waals surface area contributed by atoms with E-state index in [-0.39, 0.29) is 23.8 Å². The first-order valence-corrected chi connectivity index (χ1v) is 6.62. The fourth-order valence-corrected chi connectivity index (χ4v) is 3.06. The molecule has 2 heterocycles. The van der Waals surface area contributed by atoms with Crippen molar-refractivity contribution >= 4 is 23.0 Å². The Balaban J connectivity index is 1.93. The first-order valence-electron chi connectivity index (χ1n) is 6.62. The number of carbonyl (C=O) groups is 1. The maximum absolute atomic E-state index is 11.8. The summed E-state index contributed by atoms with van der Waals surface area (Å²) in [6.45, 7) is 2.07. The number of nitrogens with zero attached hydrogens (tertiary/aromatic N) is 4. The van der Waals surface area contributed by atoms with Gasteiger partial charge in [-0.05, 0) is 18.8 Å². The summed E-state index contributed by atoms with van der Waals surface area (Å²) in [5.41, 5.74) is 7.13. The molecule has 0 saturated heterocycles. The van der Waals surface area contributed by atoms with Gasteiger partial charge in [0, 0.05) is 6.04 Å². The van der Waals surface area contributed by atoms with Gasteiger partial charge in [-0.1, -0.05) is 6.92 Å². The monoisotopic (exact) mass is 275 g/mol. The minimum absolute atomic E-state index is 0.0679. The predicted molar refractivity (Wildman–Crippen MR) is 72.7 cm³/mol. The van der Waals surface area contributed by atoms with Crippen molar-refractivity contribution in [1.29, 1.82) is 0 Å². The van der Waals surface area contributed by atoms with Crippen LogP contribution in [0.4, 0.5) is 5.82 Å². The molecule has 0 unspecified atom stereocenters. The van der Waals surface area contributed by atoms with E-state index in [0.29, 0.717) is 11.3 Å². The molecule has 20 heavy (non-hydrogen) atoms. The molecule has 7 nitrogen and oxygen atoms in total. The molecule has 3 rings (SSSR count). The van der Waals surface area contributed by atoms with Crippen molar-refractivity contribution in [2.75, 3.05) is 12.8 Å². The number of hydrogen-bond acceptors (Lipinski definition) is 6. The van der Waals surface area contributed by atoms with E-state index in [0.717, 1.165) is 18.5 Å². The molecule has 2 aromatic rings. The first kappa shape index (κ1) is 12.8. The van der Waals surface area contributed by atoms with Gasteiger partial charge < -0.3 is 15.0 Å². The highest BCUT2D eigenvalue weighted by atomic mass is 16.5. The van der Waals surface area contributed by atoms with Gasteiger partial charge in [0.2, 0.25) is 0 Å². The molecular weight excluding hydrogens is 258 g/mol. The Morgan fingerprint density at radius 2 is 2.20 bits per heavy atom. The molecule has 3 atom stereocenters. The van der Waals surface area contributed by atoms with E-state index in [4.69, 9.17) is 10.5 Å². The van der Waals surface area contributed by atoms with Crippen LogP contribution < -0.4 is 5.73 Å². The van der Waals surface area contributed by atoms with Crippen LogP contribution >= 0.6 is 0 Å². The Bertz CT molecular complexity index is 653. The first-order chi connectivity index (χ1) is 9.61. The van der Waals surface area contributed by atoms with E-state index in [1.807, 2.05) is 4.57 Å². The van der Waals surface area contributed by atoms with Crippen molar-refractivity contribution in [1.82, 2.24) is 19.5 Å². The number of imidazole rings is 1. The summed E-state index contributed by atoms with van der Waals surface area (Å²) in [7, 11) is 1.43. The number of hydrogen-bond donors (Lipinski definition) is 1. The van der Waals surface area contributed by atoms with Gasteiger partial charge in [-0.15, -0.1) is 0 Å². The lowest BCUT2D eigenvalue weighted by molar-refractivity contribution is -0.146. The Hall–Kier alpha value is -2.18. The van der Waals surface area contributed by atoms with Crippen molar-refractivity contribution in [3.05, 3.63) is 12.7 Å². The fourth-order valence-electron chi connectivity index (χ4n) is 3.06. The number of aromatic nitrogens is 4. The molecule has 106 valence electrons. The molecule has 0 aliphatic heterocycles. The van der Waals surface area contributed by atoms with E-state index in [2.05, 4.69) is 21.9 Å². The topological polar surface area (TPSA) is 95.9 Å². The third-order valence-corrected chi connectivity index (χ3v) is 4.14. The molecule has 1 saturated carbocycles. The standard InChI is InChI=1S/C13H17N5O2/c1-7-3-8(4-9(7)13(19)20-2)18-6-17-10-11(14)15-5-16-12(10)18/h5-9H,3-4H2,1-2H3,(H2,14,15,16)/t7-,8-,9-/m1/s1. The summed E-state index contributed by atoms with van der Waals surface area (Å²) in [6, 6.07) is 0.188. The second kappa shape index (κ2) is 4.73. The molecule has 7 heteroatoms.